The van der Waals surface area contributed by atoms with Crippen molar-refractivity contribution in [3.8, 4) is 5.75 Å². The first-order chi connectivity index (χ1) is 16.5. The van der Waals surface area contributed by atoms with Crippen molar-refractivity contribution >= 4 is 23.4 Å². The summed E-state index contributed by atoms with van der Waals surface area (Å²) in [5, 5.41) is 9.65. The van der Waals surface area contributed by atoms with Crippen molar-refractivity contribution in [2.75, 3.05) is 70.3 Å². The molecule has 34 heavy (non-hydrogen) atoms. The molecule has 0 aliphatic carbocycles. The van der Waals surface area contributed by atoms with E-state index in [2.05, 4.69) is 34.5 Å². The lowest BCUT2D eigenvalue weighted by molar-refractivity contribution is -0.117. The number of hydrogen-bond acceptors (Lipinski definition) is 9. The zero-order chi connectivity index (χ0) is 24.9. The number of nitrogens with zero attached hydrogens (tertiary/aromatic N) is 3. The third kappa shape index (κ3) is 16.5. The molecule has 1 aromatic rings. The molecule has 1 atom stereocenters. The highest BCUT2D eigenvalue weighted by molar-refractivity contribution is 7.98. The molecule has 11 nitrogen and oxygen atoms in total. The lowest BCUT2D eigenvalue weighted by atomic mass is 10.3. The van der Waals surface area contributed by atoms with Crippen LogP contribution in [0.3, 0.4) is 0 Å². The van der Waals surface area contributed by atoms with Gasteiger partial charge >= 0.3 is 0 Å². The predicted octanol–water partition coefficient (Wildman–Crippen LogP) is 3.42. The largest absolute Gasteiger partial charge is 0.491 e. The molecule has 0 aliphatic rings. The molecule has 0 aliphatic heterocycles. The zero-order valence-electron chi connectivity index (χ0n) is 20.2. The monoisotopic (exact) mass is 499 g/mol. The highest BCUT2D eigenvalue weighted by Crippen LogP contribution is 2.18. The van der Waals surface area contributed by atoms with E-state index in [-0.39, 0.29) is 25.5 Å². The van der Waals surface area contributed by atoms with E-state index in [1.165, 1.54) is 0 Å². The summed E-state index contributed by atoms with van der Waals surface area (Å²) in [5.41, 5.74) is 9.30. The first-order valence-electron chi connectivity index (χ1n) is 11.2. The van der Waals surface area contributed by atoms with Gasteiger partial charge in [0, 0.05) is 29.3 Å². The molecule has 1 unspecified atom stereocenters. The van der Waals surface area contributed by atoms with Crippen LogP contribution in [0.4, 0.5) is 5.69 Å². The van der Waals surface area contributed by atoms with Gasteiger partial charge in [-0.15, -0.1) is 11.8 Å². The summed E-state index contributed by atoms with van der Waals surface area (Å²) in [6.07, 6.45) is 1.38. The van der Waals surface area contributed by atoms with E-state index in [9.17, 15) is 4.79 Å². The second-order valence-corrected chi connectivity index (χ2v) is 8.13. The van der Waals surface area contributed by atoms with Crippen LogP contribution in [0, 0.1) is 0 Å². The Morgan fingerprint density at radius 2 is 1.88 bits per heavy atom. The van der Waals surface area contributed by atoms with Crippen LogP contribution in [0.2, 0.25) is 0 Å². The summed E-state index contributed by atoms with van der Waals surface area (Å²) in [5.74, 6) is 0.917. The van der Waals surface area contributed by atoms with Crippen LogP contribution >= 0.6 is 11.8 Å². The molecular formula is C22H37N5O6S. The van der Waals surface area contributed by atoms with Gasteiger partial charge in [-0.05, 0) is 23.9 Å². The number of nitrogens with one attached hydrogen (secondary N) is 2. The van der Waals surface area contributed by atoms with E-state index in [1.54, 1.807) is 36.0 Å². The number of amides is 1. The maximum atomic E-state index is 12.1. The van der Waals surface area contributed by atoms with Gasteiger partial charge in [0.05, 0.1) is 52.0 Å². The number of hydrogen-bond donors (Lipinski definition) is 2. The summed E-state index contributed by atoms with van der Waals surface area (Å²) in [7, 11) is 0. The molecule has 1 rings (SSSR count). The number of carbonyl (C=O) groups excluding carboxylic acids is 1. The lowest BCUT2D eigenvalue weighted by Gasteiger charge is -2.14. The fourth-order valence-electron chi connectivity index (χ4n) is 2.52. The smallest absolute Gasteiger partial charge is 0.226 e. The van der Waals surface area contributed by atoms with E-state index in [4.69, 9.17) is 29.2 Å². The van der Waals surface area contributed by atoms with Crippen molar-refractivity contribution < 1.29 is 28.5 Å². The van der Waals surface area contributed by atoms with E-state index < -0.39 is 6.23 Å². The molecule has 0 heterocycles. The minimum atomic E-state index is -0.784. The van der Waals surface area contributed by atoms with Crippen molar-refractivity contribution in [3.63, 3.8) is 0 Å². The number of benzene rings is 1. The Hall–Kier alpha value is -2.05. The number of azide groups is 1. The summed E-state index contributed by atoms with van der Waals surface area (Å²) in [6.45, 7) is 7.55. The van der Waals surface area contributed by atoms with Gasteiger partial charge in [-0.1, -0.05) is 25.0 Å². The summed E-state index contributed by atoms with van der Waals surface area (Å²) in [6, 6.07) is 7.38. The lowest BCUT2D eigenvalue weighted by Crippen LogP contribution is -2.27. The Morgan fingerprint density at radius 1 is 1.12 bits per heavy atom. The second-order valence-electron chi connectivity index (χ2n) is 7.32. The van der Waals surface area contributed by atoms with Gasteiger partial charge in [0.15, 0.2) is 6.23 Å². The molecule has 1 aromatic carbocycles. The van der Waals surface area contributed by atoms with Gasteiger partial charge in [-0.25, -0.2) is 0 Å². The Labute approximate surface area is 205 Å². The van der Waals surface area contributed by atoms with Crippen molar-refractivity contribution in [3.05, 3.63) is 34.7 Å². The first-order valence-corrected chi connectivity index (χ1v) is 12.6. The van der Waals surface area contributed by atoms with E-state index >= 15 is 0 Å². The summed E-state index contributed by atoms with van der Waals surface area (Å²) in [4.78, 5) is 14.9. The molecule has 0 spiro atoms. The van der Waals surface area contributed by atoms with Crippen molar-refractivity contribution in [2.24, 2.45) is 5.11 Å². The topological polar surface area (TPSA) is 136 Å². The molecule has 0 fully saturated rings. The third-order valence-corrected chi connectivity index (χ3v) is 4.48. The quantitative estimate of drug-likeness (QED) is 0.0863. The normalized spacial score (nSPS) is 11.8. The van der Waals surface area contributed by atoms with E-state index in [0.29, 0.717) is 56.5 Å². The Kier molecular flexibility index (Phi) is 17.9. The fourth-order valence-corrected chi connectivity index (χ4v) is 2.80. The molecule has 12 heteroatoms. The Bertz CT molecular complexity index is 721. The van der Waals surface area contributed by atoms with Crippen molar-refractivity contribution in [1.82, 2.24) is 5.32 Å². The van der Waals surface area contributed by atoms with Gasteiger partial charge in [-0.2, -0.15) is 0 Å². The van der Waals surface area contributed by atoms with Crippen LogP contribution in [-0.2, 0) is 23.7 Å². The summed E-state index contributed by atoms with van der Waals surface area (Å²) < 4.78 is 27.3. The van der Waals surface area contributed by atoms with Crippen LogP contribution in [0.15, 0.2) is 29.4 Å². The fraction of sp³-hybridized carbons (Fsp3) is 0.682. The maximum Gasteiger partial charge on any atom is 0.226 e. The minimum absolute atomic E-state index is 0.0352. The van der Waals surface area contributed by atoms with Gasteiger partial charge in [0.2, 0.25) is 5.91 Å². The molecule has 0 saturated carbocycles. The molecule has 1 amide bonds. The summed E-state index contributed by atoms with van der Waals surface area (Å²) >= 11 is 1.57. The van der Waals surface area contributed by atoms with Gasteiger partial charge in [-0.3, -0.25) is 4.79 Å². The Balaban J connectivity index is 2.25. The molecule has 0 radical (unpaired) electrons. The van der Waals surface area contributed by atoms with E-state index in [0.717, 1.165) is 6.54 Å². The van der Waals surface area contributed by atoms with Gasteiger partial charge in [0.25, 0.3) is 0 Å². The molecule has 192 valence electrons. The third-order valence-electron chi connectivity index (χ3n) is 4.07. The highest BCUT2D eigenvalue weighted by Gasteiger charge is 2.09. The first kappa shape index (κ1) is 30.0. The number of rotatable bonds is 21. The minimum Gasteiger partial charge on any atom is -0.491 e. The van der Waals surface area contributed by atoms with Crippen LogP contribution in [0.25, 0.3) is 10.4 Å². The van der Waals surface area contributed by atoms with Crippen LogP contribution < -0.4 is 15.4 Å². The van der Waals surface area contributed by atoms with Crippen LogP contribution in [0.5, 0.6) is 5.75 Å². The zero-order valence-corrected chi connectivity index (χ0v) is 21.1. The molecule has 0 saturated heterocycles. The molecule has 0 bridgehead atoms. The number of anilines is 1. The highest BCUT2D eigenvalue weighted by atomic mass is 32.2. The van der Waals surface area contributed by atoms with Gasteiger partial charge < -0.3 is 34.3 Å². The average molecular weight is 500 g/mol. The number of thioether (sulfide) groups is 1. The van der Waals surface area contributed by atoms with Crippen LogP contribution in [0.1, 0.15) is 20.3 Å². The van der Waals surface area contributed by atoms with Gasteiger partial charge in [0.1, 0.15) is 12.4 Å². The molecule has 0 aromatic heterocycles. The maximum absolute atomic E-state index is 12.1. The number of ether oxygens (including phenoxy) is 5. The van der Waals surface area contributed by atoms with Crippen molar-refractivity contribution in [1.29, 1.82) is 0 Å². The SMILES string of the molecule is CSCOCCOC(COc1cccc(NC(=O)CCOCCOCCNC(C)C)c1)N=[N+]=[N-]. The van der Waals surface area contributed by atoms with Crippen LogP contribution in [-0.4, -0.2) is 83.2 Å². The molecular weight excluding hydrogens is 462 g/mol. The molecule has 2 N–H and O–H groups in total. The Morgan fingerprint density at radius 3 is 2.62 bits per heavy atom. The standard InChI is InChI=1S/C22H37N5O6S/c1-18(2)24-8-10-30-12-11-29-9-7-21(28)25-19-5-4-6-20(15-19)33-16-22(26-27-23)32-14-13-31-17-34-3/h4-6,15,18,22,24H,7-14,16-17H2,1-3H3,(H,25,28). The average Bonchev–Trinajstić information content (AvgIpc) is 2.81. The van der Waals surface area contributed by atoms with Crippen molar-refractivity contribution in [2.45, 2.75) is 32.5 Å². The van der Waals surface area contributed by atoms with E-state index in [1.807, 2.05) is 6.26 Å². The predicted molar refractivity (Wildman–Crippen MR) is 133 cm³/mol. The number of carbonyl (C=O) groups is 1. The second kappa shape index (κ2) is 20.3.